The number of Topliss-reactive ketones (excluding diaryl/α,β-unsaturated/α-hetero) is 1. The average molecular weight is 199 g/mol. The number of ketones is 1. The smallest absolute Gasteiger partial charge is 0.166 e. The summed E-state index contributed by atoms with van der Waals surface area (Å²) in [6, 6.07) is 9.47. The second-order valence-electron chi connectivity index (χ2n) is 3.89. The first-order chi connectivity index (χ1) is 7.20. The van der Waals surface area contributed by atoms with Crippen LogP contribution in [0.5, 0.6) is 0 Å². The molecule has 0 aliphatic carbocycles. The Morgan fingerprint density at radius 2 is 2.00 bits per heavy atom. The molecule has 1 aromatic heterocycles. The SMILES string of the molecule is CC(C)C(=O)c1cccc2ncccc12. The third kappa shape index (κ3) is 1.75. The van der Waals surface area contributed by atoms with Gasteiger partial charge in [0.15, 0.2) is 5.78 Å². The molecule has 0 saturated carbocycles. The van der Waals surface area contributed by atoms with Crippen LogP contribution in [0.1, 0.15) is 24.2 Å². The monoisotopic (exact) mass is 199 g/mol. The average Bonchev–Trinajstić information content (AvgIpc) is 2.27. The van der Waals surface area contributed by atoms with E-state index in [1.807, 2.05) is 44.2 Å². The Kier molecular flexibility index (Phi) is 2.50. The minimum absolute atomic E-state index is 0.0239. The van der Waals surface area contributed by atoms with E-state index < -0.39 is 0 Å². The molecule has 15 heavy (non-hydrogen) atoms. The van der Waals surface area contributed by atoms with Gasteiger partial charge in [0, 0.05) is 23.1 Å². The molecule has 1 heterocycles. The molecule has 0 atom stereocenters. The lowest BCUT2D eigenvalue weighted by Gasteiger charge is -2.07. The summed E-state index contributed by atoms with van der Waals surface area (Å²) < 4.78 is 0. The number of carbonyl (C=O) groups excluding carboxylic acids is 1. The van der Waals surface area contributed by atoms with E-state index in [1.165, 1.54) is 0 Å². The minimum atomic E-state index is 0.0239. The van der Waals surface area contributed by atoms with Gasteiger partial charge in [-0.15, -0.1) is 0 Å². The van der Waals surface area contributed by atoms with Crippen LogP contribution in [0.3, 0.4) is 0 Å². The Balaban J connectivity index is 2.66. The fraction of sp³-hybridized carbons (Fsp3) is 0.231. The molecule has 0 radical (unpaired) electrons. The van der Waals surface area contributed by atoms with Crippen LogP contribution in [-0.4, -0.2) is 10.8 Å². The molecule has 0 N–H and O–H groups in total. The summed E-state index contributed by atoms with van der Waals surface area (Å²) >= 11 is 0. The van der Waals surface area contributed by atoms with E-state index in [4.69, 9.17) is 0 Å². The van der Waals surface area contributed by atoms with Gasteiger partial charge in [-0.2, -0.15) is 0 Å². The van der Waals surface area contributed by atoms with E-state index in [2.05, 4.69) is 4.98 Å². The first-order valence-corrected chi connectivity index (χ1v) is 5.08. The maximum atomic E-state index is 11.9. The number of hydrogen-bond donors (Lipinski definition) is 0. The molecule has 0 saturated heterocycles. The van der Waals surface area contributed by atoms with Crippen molar-refractivity contribution in [3.8, 4) is 0 Å². The van der Waals surface area contributed by atoms with Crippen molar-refractivity contribution in [1.82, 2.24) is 4.98 Å². The quantitative estimate of drug-likeness (QED) is 0.696. The molecule has 0 aliphatic heterocycles. The highest BCUT2D eigenvalue weighted by Gasteiger charge is 2.13. The number of carbonyl (C=O) groups is 1. The summed E-state index contributed by atoms with van der Waals surface area (Å²) in [7, 11) is 0. The number of pyridine rings is 1. The van der Waals surface area contributed by atoms with Gasteiger partial charge >= 0.3 is 0 Å². The van der Waals surface area contributed by atoms with Crippen molar-refractivity contribution in [2.24, 2.45) is 5.92 Å². The fourth-order valence-electron chi connectivity index (χ4n) is 1.63. The van der Waals surface area contributed by atoms with E-state index >= 15 is 0 Å². The molecule has 0 amide bonds. The lowest BCUT2D eigenvalue weighted by Crippen LogP contribution is -2.07. The summed E-state index contributed by atoms with van der Waals surface area (Å²) in [4.78, 5) is 16.2. The second-order valence-corrected chi connectivity index (χ2v) is 3.89. The van der Waals surface area contributed by atoms with Crippen LogP contribution in [0.15, 0.2) is 36.5 Å². The van der Waals surface area contributed by atoms with Crippen molar-refractivity contribution in [2.45, 2.75) is 13.8 Å². The van der Waals surface area contributed by atoms with Gasteiger partial charge in [0.25, 0.3) is 0 Å². The Morgan fingerprint density at radius 1 is 1.20 bits per heavy atom. The maximum Gasteiger partial charge on any atom is 0.166 e. The van der Waals surface area contributed by atoms with E-state index in [-0.39, 0.29) is 11.7 Å². The van der Waals surface area contributed by atoms with Crippen molar-refractivity contribution in [2.75, 3.05) is 0 Å². The number of nitrogens with zero attached hydrogens (tertiary/aromatic N) is 1. The predicted octanol–water partition coefficient (Wildman–Crippen LogP) is 3.07. The third-order valence-electron chi connectivity index (χ3n) is 2.44. The molecule has 2 aromatic rings. The molecule has 0 unspecified atom stereocenters. The molecule has 76 valence electrons. The van der Waals surface area contributed by atoms with Gasteiger partial charge in [-0.05, 0) is 12.1 Å². The van der Waals surface area contributed by atoms with Crippen LogP contribution < -0.4 is 0 Å². The van der Waals surface area contributed by atoms with Gasteiger partial charge in [-0.25, -0.2) is 0 Å². The standard InChI is InChI=1S/C13H13NO/c1-9(2)13(15)11-5-3-7-12-10(11)6-4-8-14-12/h3-9H,1-2H3. The molecule has 0 spiro atoms. The van der Waals surface area contributed by atoms with E-state index in [0.29, 0.717) is 0 Å². The lowest BCUT2D eigenvalue weighted by atomic mass is 9.97. The zero-order chi connectivity index (χ0) is 10.8. The number of benzene rings is 1. The predicted molar refractivity (Wildman–Crippen MR) is 60.9 cm³/mol. The number of aromatic nitrogens is 1. The summed E-state index contributed by atoms with van der Waals surface area (Å²) in [5.41, 5.74) is 1.65. The summed E-state index contributed by atoms with van der Waals surface area (Å²) in [5, 5.41) is 0.943. The molecule has 0 bridgehead atoms. The highest BCUT2D eigenvalue weighted by molar-refractivity contribution is 6.08. The van der Waals surface area contributed by atoms with Crippen molar-refractivity contribution in [3.05, 3.63) is 42.1 Å². The number of fused-ring (bicyclic) bond motifs is 1. The molecule has 0 fully saturated rings. The minimum Gasteiger partial charge on any atom is -0.294 e. The van der Waals surface area contributed by atoms with Crippen molar-refractivity contribution in [1.29, 1.82) is 0 Å². The first-order valence-electron chi connectivity index (χ1n) is 5.08. The number of rotatable bonds is 2. The lowest BCUT2D eigenvalue weighted by molar-refractivity contribution is 0.0941. The Morgan fingerprint density at radius 3 is 2.73 bits per heavy atom. The Labute approximate surface area is 89.0 Å². The molecular formula is C13H13NO. The van der Waals surface area contributed by atoms with Crippen molar-refractivity contribution < 1.29 is 4.79 Å². The molecular weight excluding hydrogens is 186 g/mol. The van der Waals surface area contributed by atoms with E-state index in [0.717, 1.165) is 16.5 Å². The molecule has 2 rings (SSSR count). The van der Waals surface area contributed by atoms with E-state index in [1.54, 1.807) is 6.20 Å². The van der Waals surface area contributed by atoms with Crippen LogP contribution >= 0.6 is 0 Å². The molecule has 2 nitrogen and oxygen atoms in total. The largest absolute Gasteiger partial charge is 0.294 e. The van der Waals surface area contributed by atoms with Gasteiger partial charge < -0.3 is 0 Å². The van der Waals surface area contributed by atoms with Gasteiger partial charge in [-0.3, -0.25) is 9.78 Å². The highest BCUT2D eigenvalue weighted by Crippen LogP contribution is 2.19. The Hall–Kier alpha value is -1.70. The van der Waals surface area contributed by atoms with Crippen molar-refractivity contribution in [3.63, 3.8) is 0 Å². The van der Waals surface area contributed by atoms with E-state index in [9.17, 15) is 4.79 Å². The van der Waals surface area contributed by atoms with Gasteiger partial charge in [0.05, 0.1) is 5.52 Å². The Bertz CT molecular complexity index is 497. The molecule has 0 aliphatic rings. The zero-order valence-corrected chi connectivity index (χ0v) is 8.90. The van der Waals surface area contributed by atoms with Crippen LogP contribution in [-0.2, 0) is 0 Å². The normalized spacial score (nSPS) is 10.9. The van der Waals surface area contributed by atoms with Gasteiger partial charge in [0.1, 0.15) is 0 Å². The van der Waals surface area contributed by atoms with Crippen LogP contribution in [0.25, 0.3) is 10.9 Å². The van der Waals surface area contributed by atoms with Crippen LogP contribution in [0, 0.1) is 5.92 Å². The summed E-state index contributed by atoms with van der Waals surface area (Å²) in [5.74, 6) is 0.199. The fourth-order valence-corrected chi connectivity index (χ4v) is 1.63. The first kappa shape index (κ1) is 9.84. The highest BCUT2D eigenvalue weighted by atomic mass is 16.1. The van der Waals surface area contributed by atoms with Crippen molar-refractivity contribution >= 4 is 16.7 Å². The summed E-state index contributed by atoms with van der Waals surface area (Å²) in [6.07, 6.45) is 1.74. The van der Waals surface area contributed by atoms with Gasteiger partial charge in [0.2, 0.25) is 0 Å². The zero-order valence-electron chi connectivity index (χ0n) is 8.90. The van der Waals surface area contributed by atoms with Crippen LogP contribution in [0.2, 0.25) is 0 Å². The second kappa shape index (κ2) is 3.81. The van der Waals surface area contributed by atoms with Gasteiger partial charge in [-0.1, -0.05) is 32.0 Å². The summed E-state index contributed by atoms with van der Waals surface area (Å²) in [6.45, 7) is 3.83. The maximum absolute atomic E-state index is 11.9. The topological polar surface area (TPSA) is 30.0 Å². The third-order valence-corrected chi connectivity index (χ3v) is 2.44. The number of hydrogen-bond acceptors (Lipinski definition) is 2. The molecule has 1 aromatic carbocycles. The van der Waals surface area contributed by atoms with Crippen LogP contribution in [0.4, 0.5) is 0 Å². The molecule has 2 heteroatoms.